The molecular formula is C8H14ClNO2. The Kier molecular flexibility index (Phi) is 3.35. The molecule has 2 saturated heterocycles. The van der Waals surface area contributed by atoms with Gasteiger partial charge in [-0.3, -0.25) is 4.79 Å². The van der Waals surface area contributed by atoms with Gasteiger partial charge in [-0.25, -0.2) is 0 Å². The number of esters is 1. The number of carbonyl (C=O) groups excluding carboxylic acids is 1. The van der Waals surface area contributed by atoms with Crippen LogP contribution in [0.4, 0.5) is 0 Å². The van der Waals surface area contributed by atoms with Crippen molar-refractivity contribution in [2.24, 2.45) is 11.8 Å². The van der Waals surface area contributed by atoms with Gasteiger partial charge in [0.1, 0.15) is 0 Å². The number of rotatable bonds is 1. The highest BCUT2D eigenvalue weighted by atomic mass is 35.5. The summed E-state index contributed by atoms with van der Waals surface area (Å²) in [5.74, 6) is 1.33. The van der Waals surface area contributed by atoms with Crippen LogP contribution in [-0.4, -0.2) is 25.7 Å². The van der Waals surface area contributed by atoms with Crippen LogP contribution in [0.3, 0.4) is 0 Å². The molecule has 0 aromatic rings. The van der Waals surface area contributed by atoms with Gasteiger partial charge in [0.15, 0.2) is 0 Å². The Morgan fingerprint density at radius 1 is 1.33 bits per heavy atom. The summed E-state index contributed by atoms with van der Waals surface area (Å²) in [7, 11) is 0. The Morgan fingerprint density at radius 3 is 2.58 bits per heavy atom. The van der Waals surface area contributed by atoms with E-state index in [1.54, 1.807) is 0 Å². The van der Waals surface area contributed by atoms with E-state index in [1.807, 2.05) is 0 Å². The molecule has 1 unspecified atom stereocenters. The van der Waals surface area contributed by atoms with Crippen LogP contribution in [0.15, 0.2) is 0 Å². The van der Waals surface area contributed by atoms with E-state index in [0.717, 1.165) is 25.4 Å². The molecule has 0 saturated carbocycles. The van der Waals surface area contributed by atoms with Crippen molar-refractivity contribution in [3.05, 3.63) is 0 Å². The second-order valence-corrected chi connectivity index (χ2v) is 3.39. The summed E-state index contributed by atoms with van der Waals surface area (Å²) in [4.78, 5) is 10.9. The first-order valence-corrected chi connectivity index (χ1v) is 4.22. The minimum atomic E-state index is -0.00634. The Balaban J connectivity index is 0.000000720. The summed E-state index contributed by atoms with van der Waals surface area (Å²) in [5, 5.41) is 3.22. The Morgan fingerprint density at radius 2 is 2.08 bits per heavy atom. The zero-order valence-corrected chi connectivity index (χ0v) is 7.73. The molecule has 12 heavy (non-hydrogen) atoms. The second kappa shape index (κ2) is 4.10. The number of hydrogen-bond acceptors (Lipinski definition) is 3. The summed E-state index contributed by atoms with van der Waals surface area (Å²) in [6, 6.07) is 0. The van der Waals surface area contributed by atoms with Crippen LogP contribution < -0.4 is 5.32 Å². The molecule has 2 heterocycles. The highest BCUT2D eigenvalue weighted by Crippen LogP contribution is 2.26. The van der Waals surface area contributed by atoms with Gasteiger partial charge in [-0.15, -0.1) is 12.4 Å². The van der Waals surface area contributed by atoms with Crippen molar-refractivity contribution in [2.75, 3.05) is 19.7 Å². The summed E-state index contributed by atoms with van der Waals surface area (Å²) in [5.41, 5.74) is 0. The minimum Gasteiger partial charge on any atom is -0.466 e. The van der Waals surface area contributed by atoms with Crippen molar-refractivity contribution in [3.63, 3.8) is 0 Å². The average molecular weight is 192 g/mol. The van der Waals surface area contributed by atoms with E-state index in [-0.39, 0.29) is 18.4 Å². The smallest absolute Gasteiger partial charge is 0.306 e. The molecule has 70 valence electrons. The normalized spacial score (nSPS) is 30.0. The third-order valence-corrected chi connectivity index (χ3v) is 2.66. The van der Waals surface area contributed by atoms with E-state index in [0.29, 0.717) is 18.9 Å². The molecule has 2 rings (SSSR count). The molecule has 0 radical (unpaired) electrons. The maximum Gasteiger partial charge on any atom is 0.306 e. The summed E-state index contributed by atoms with van der Waals surface area (Å²) in [6.45, 7) is 2.83. The van der Waals surface area contributed by atoms with Gasteiger partial charge in [0, 0.05) is 6.42 Å². The quantitative estimate of drug-likeness (QED) is 0.617. The van der Waals surface area contributed by atoms with Crippen molar-refractivity contribution in [3.8, 4) is 0 Å². The molecule has 0 aromatic carbocycles. The largest absolute Gasteiger partial charge is 0.466 e. The van der Waals surface area contributed by atoms with Gasteiger partial charge >= 0.3 is 5.97 Å². The molecule has 0 aliphatic carbocycles. The van der Waals surface area contributed by atoms with Crippen molar-refractivity contribution >= 4 is 18.4 Å². The lowest BCUT2D eigenvalue weighted by Crippen LogP contribution is -2.47. The Bertz CT molecular complexity index is 170. The number of ether oxygens (including phenoxy) is 1. The molecule has 0 bridgehead atoms. The molecule has 0 aromatic heterocycles. The number of halogens is 1. The van der Waals surface area contributed by atoms with Crippen molar-refractivity contribution in [2.45, 2.75) is 12.8 Å². The third kappa shape index (κ3) is 1.90. The monoisotopic (exact) mass is 191 g/mol. The second-order valence-electron chi connectivity index (χ2n) is 3.39. The van der Waals surface area contributed by atoms with E-state index < -0.39 is 0 Å². The molecule has 0 spiro atoms. The first kappa shape index (κ1) is 9.81. The van der Waals surface area contributed by atoms with Crippen LogP contribution in [-0.2, 0) is 9.53 Å². The van der Waals surface area contributed by atoms with Gasteiger partial charge < -0.3 is 10.1 Å². The fourth-order valence-electron chi connectivity index (χ4n) is 1.75. The van der Waals surface area contributed by atoms with Crippen molar-refractivity contribution in [1.29, 1.82) is 0 Å². The van der Waals surface area contributed by atoms with Gasteiger partial charge in [-0.1, -0.05) is 0 Å². The summed E-state index contributed by atoms with van der Waals surface area (Å²) in [6.07, 6.45) is 1.71. The van der Waals surface area contributed by atoms with E-state index >= 15 is 0 Å². The predicted octanol–water partition coefficient (Wildman–Crippen LogP) is 0.581. The summed E-state index contributed by atoms with van der Waals surface area (Å²) < 4.78 is 4.87. The van der Waals surface area contributed by atoms with E-state index in [1.165, 1.54) is 0 Å². The molecule has 4 heteroatoms. The molecule has 2 fully saturated rings. The van der Waals surface area contributed by atoms with Gasteiger partial charge in [0.2, 0.25) is 0 Å². The number of carbonyl (C=O) groups is 1. The van der Waals surface area contributed by atoms with Gasteiger partial charge in [-0.2, -0.15) is 0 Å². The van der Waals surface area contributed by atoms with Crippen molar-refractivity contribution < 1.29 is 9.53 Å². The Hall–Kier alpha value is -0.280. The minimum absolute atomic E-state index is 0. The molecule has 3 nitrogen and oxygen atoms in total. The van der Waals surface area contributed by atoms with Gasteiger partial charge in [0.05, 0.1) is 6.61 Å². The zero-order valence-electron chi connectivity index (χ0n) is 6.91. The topological polar surface area (TPSA) is 38.3 Å². The van der Waals surface area contributed by atoms with Crippen molar-refractivity contribution in [1.82, 2.24) is 5.32 Å². The average Bonchev–Trinajstić information content (AvgIpc) is 1.83. The molecule has 2 aliphatic heterocycles. The number of hydrogen-bond donors (Lipinski definition) is 1. The van der Waals surface area contributed by atoms with E-state index in [9.17, 15) is 4.79 Å². The maximum atomic E-state index is 10.9. The molecular weight excluding hydrogens is 178 g/mol. The van der Waals surface area contributed by atoms with Crippen LogP contribution in [0.5, 0.6) is 0 Å². The summed E-state index contributed by atoms with van der Waals surface area (Å²) >= 11 is 0. The standard InChI is InChI=1S/C8H13NO2.ClH/c10-8-3-6(1-2-11-8)7-4-9-5-7;/h6-7,9H,1-5H2;1H. The first-order chi connectivity index (χ1) is 5.36. The van der Waals surface area contributed by atoms with E-state index in [4.69, 9.17) is 4.74 Å². The fourth-order valence-corrected chi connectivity index (χ4v) is 1.75. The fraction of sp³-hybridized carbons (Fsp3) is 0.875. The highest BCUT2D eigenvalue weighted by molar-refractivity contribution is 5.85. The zero-order chi connectivity index (χ0) is 7.68. The number of nitrogens with one attached hydrogen (secondary N) is 1. The maximum absolute atomic E-state index is 10.9. The van der Waals surface area contributed by atoms with Gasteiger partial charge in [-0.05, 0) is 31.3 Å². The molecule has 2 aliphatic rings. The molecule has 1 atom stereocenters. The highest BCUT2D eigenvalue weighted by Gasteiger charge is 2.31. The first-order valence-electron chi connectivity index (χ1n) is 4.22. The molecule has 0 amide bonds. The van der Waals surface area contributed by atoms with Crippen LogP contribution in [0, 0.1) is 11.8 Å². The van der Waals surface area contributed by atoms with Crippen LogP contribution >= 0.6 is 12.4 Å². The predicted molar refractivity (Wildman–Crippen MR) is 47.3 cm³/mol. The van der Waals surface area contributed by atoms with E-state index in [2.05, 4.69) is 5.32 Å². The lowest BCUT2D eigenvalue weighted by molar-refractivity contribution is -0.150. The molecule has 1 N–H and O–H groups in total. The SMILES string of the molecule is Cl.O=C1CC(C2CNC2)CCO1. The van der Waals surface area contributed by atoms with Gasteiger partial charge in [0.25, 0.3) is 0 Å². The lowest BCUT2D eigenvalue weighted by atomic mass is 9.82. The van der Waals surface area contributed by atoms with Crippen LogP contribution in [0.25, 0.3) is 0 Å². The van der Waals surface area contributed by atoms with Crippen LogP contribution in [0.1, 0.15) is 12.8 Å². The number of cyclic esters (lactones) is 1. The lowest BCUT2D eigenvalue weighted by Gasteiger charge is -2.36. The third-order valence-electron chi connectivity index (χ3n) is 2.66. The van der Waals surface area contributed by atoms with Crippen LogP contribution in [0.2, 0.25) is 0 Å². The Labute approximate surface area is 78.3 Å².